The van der Waals surface area contributed by atoms with Crippen molar-refractivity contribution in [3.05, 3.63) is 0 Å². The van der Waals surface area contributed by atoms with Crippen molar-refractivity contribution in [3.8, 4) is 0 Å². The minimum atomic E-state index is -0.894. The molecule has 0 saturated carbocycles. The van der Waals surface area contributed by atoms with Crippen molar-refractivity contribution >= 4 is 23.8 Å². The molecule has 110 valence electrons. The van der Waals surface area contributed by atoms with Crippen LogP contribution in [0.25, 0.3) is 0 Å². The van der Waals surface area contributed by atoms with Gasteiger partial charge in [-0.25, -0.2) is 4.79 Å². The SMILES string of the molecule is CC(C)(C)C(CC(=O)O)NC(=O)NC1CCSCC1. The lowest BCUT2D eigenvalue weighted by molar-refractivity contribution is -0.138. The van der Waals surface area contributed by atoms with E-state index in [0.717, 1.165) is 24.3 Å². The third kappa shape index (κ3) is 6.18. The van der Waals surface area contributed by atoms with Crippen molar-refractivity contribution in [2.24, 2.45) is 5.41 Å². The van der Waals surface area contributed by atoms with Crippen LogP contribution in [0.2, 0.25) is 0 Å². The van der Waals surface area contributed by atoms with Crippen LogP contribution in [0.3, 0.4) is 0 Å². The summed E-state index contributed by atoms with van der Waals surface area (Å²) in [6, 6.07) is -0.410. The molecule has 3 N–H and O–H groups in total. The van der Waals surface area contributed by atoms with E-state index < -0.39 is 5.97 Å². The maximum absolute atomic E-state index is 11.9. The zero-order valence-corrected chi connectivity index (χ0v) is 12.7. The standard InChI is InChI=1S/C13H24N2O3S/c1-13(2,3)10(8-11(16)17)15-12(18)14-9-4-6-19-7-5-9/h9-10H,4-8H2,1-3H3,(H,16,17)(H2,14,15,18). The third-order valence-corrected chi connectivity index (χ3v) is 4.33. The molecule has 5 nitrogen and oxygen atoms in total. The molecule has 1 aliphatic heterocycles. The first-order valence-corrected chi connectivity index (χ1v) is 7.81. The quantitative estimate of drug-likeness (QED) is 0.740. The van der Waals surface area contributed by atoms with E-state index in [2.05, 4.69) is 10.6 Å². The van der Waals surface area contributed by atoms with E-state index in [1.165, 1.54) is 0 Å². The van der Waals surface area contributed by atoms with Gasteiger partial charge in [-0.2, -0.15) is 11.8 Å². The Bertz CT molecular complexity index is 322. The monoisotopic (exact) mass is 288 g/mol. The summed E-state index contributed by atoms with van der Waals surface area (Å²) in [5.74, 6) is 1.25. The number of carboxylic acids is 1. The van der Waals surface area contributed by atoms with Crippen LogP contribution in [-0.4, -0.2) is 40.7 Å². The number of thioether (sulfide) groups is 1. The number of rotatable bonds is 4. The van der Waals surface area contributed by atoms with Crippen LogP contribution in [0, 0.1) is 5.41 Å². The summed E-state index contributed by atoms with van der Waals surface area (Å²) in [6.45, 7) is 5.79. The molecular weight excluding hydrogens is 264 g/mol. The number of carboxylic acid groups (broad SMARTS) is 1. The van der Waals surface area contributed by atoms with Gasteiger partial charge >= 0.3 is 12.0 Å². The third-order valence-electron chi connectivity index (χ3n) is 3.29. The lowest BCUT2D eigenvalue weighted by atomic mass is 9.85. The van der Waals surface area contributed by atoms with Gasteiger partial charge in [0, 0.05) is 12.1 Å². The molecule has 0 aromatic carbocycles. The van der Waals surface area contributed by atoms with Crippen LogP contribution in [0.4, 0.5) is 4.79 Å². The van der Waals surface area contributed by atoms with Gasteiger partial charge in [-0.1, -0.05) is 20.8 Å². The molecule has 1 heterocycles. The summed E-state index contributed by atoms with van der Waals surface area (Å²) >= 11 is 1.90. The summed E-state index contributed by atoms with van der Waals surface area (Å²) in [7, 11) is 0. The lowest BCUT2D eigenvalue weighted by Gasteiger charge is -2.31. The Labute approximate surface area is 118 Å². The number of urea groups is 1. The highest BCUT2D eigenvalue weighted by Gasteiger charge is 2.29. The minimum absolute atomic E-state index is 0.0581. The average molecular weight is 288 g/mol. The van der Waals surface area contributed by atoms with E-state index in [9.17, 15) is 9.59 Å². The molecule has 0 radical (unpaired) electrons. The van der Waals surface area contributed by atoms with Crippen molar-refractivity contribution in [3.63, 3.8) is 0 Å². The highest BCUT2D eigenvalue weighted by molar-refractivity contribution is 7.99. The Hall–Kier alpha value is -0.910. The number of nitrogens with one attached hydrogen (secondary N) is 2. The zero-order valence-electron chi connectivity index (χ0n) is 11.9. The Morgan fingerprint density at radius 1 is 1.32 bits per heavy atom. The number of carbonyl (C=O) groups excluding carboxylic acids is 1. The summed E-state index contributed by atoms with van der Waals surface area (Å²) in [5.41, 5.74) is -0.280. The van der Waals surface area contributed by atoms with Crippen LogP contribution in [0.1, 0.15) is 40.0 Å². The van der Waals surface area contributed by atoms with Crippen molar-refractivity contribution in [2.45, 2.75) is 52.1 Å². The fourth-order valence-corrected chi connectivity index (χ4v) is 3.08. The Balaban J connectivity index is 2.48. The number of hydrogen-bond donors (Lipinski definition) is 3. The van der Waals surface area contributed by atoms with Gasteiger partial charge in [-0.15, -0.1) is 0 Å². The molecule has 1 rings (SSSR count). The molecule has 0 aromatic rings. The first kappa shape index (κ1) is 16.1. The van der Waals surface area contributed by atoms with E-state index in [0.29, 0.717) is 0 Å². The topological polar surface area (TPSA) is 78.4 Å². The van der Waals surface area contributed by atoms with E-state index >= 15 is 0 Å². The Morgan fingerprint density at radius 2 is 1.89 bits per heavy atom. The van der Waals surface area contributed by atoms with E-state index in [1.807, 2.05) is 32.5 Å². The maximum Gasteiger partial charge on any atom is 0.315 e. The predicted molar refractivity (Wildman–Crippen MR) is 77.5 cm³/mol. The number of amides is 2. The summed E-state index contributed by atoms with van der Waals surface area (Å²) in [4.78, 5) is 22.8. The molecule has 19 heavy (non-hydrogen) atoms. The fraction of sp³-hybridized carbons (Fsp3) is 0.846. The number of carbonyl (C=O) groups is 2. The molecule has 1 saturated heterocycles. The van der Waals surface area contributed by atoms with Crippen LogP contribution in [0.15, 0.2) is 0 Å². The zero-order chi connectivity index (χ0) is 14.5. The van der Waals surface area contributed by atoms with Crippen LogP contribution in [-0.2, 0) is 4.79 Å². The Kier molecular flexibility index (Phi) is 5.97. The highest BCUT2D eigenvalue weighted by Crippen LogP contribution is 2.22. The van der Waals surface area contributed by atoms with Gasteiger partial charge in [0.15, 0.2) is 0 Å². The van der Waals surface area contributed by atoms with Gasteiger partial charge in [0.1, 0.15) is 0 Å². The van der Waals surface area contributed by atoms with Gasteiger partial charge in [0.05, 0.1) is 6.42 Å². The second kappa shape index (κ2) is 7.03. The molecule has 6 heteroatoms. The average Bonchev–Trinajstić information content (AvgIpc) is 2.27. The molecule has 0 spiro atoms. The molecule has 0 aliphatic carbocycles. The van der Waals surface area contributed by atoms with Gasteiger partial charge in [0.2, 0.25) is 0 Å². The van der Waals surface area contributed by atoms with Crippen LogP contribution >= 0.6 is 11.8 Å². The first-order valence-electron chi connectivity index (χ1n) is 6.65. The maximum atomic E-state index is 11.9. The van der Waals surface area contributed by atoms with Crippen LogP contribution < -0.4 is 10.6 Å². The molecule has 1 unspecified atom stereocenters. The summed E-state index contributed by atoms with van der Waals surface area (Å²) in [5, 5.41) is 14.6. The smallest absolute Gasteiger partial charge is 0.315 e. The van der Waals surface area contributed by atoms with Crippen molar-refractivity contribution in [2.75, 3.05) is 11.5 Å². The normalized spacial score (nSPS) is 18.7. The van der Waals surface area contributed by atoms with Crippen molar-refractivity contribution in [1.82, 2.24) is 10.6 Å². The summed E-state index contributed by atoms with van der Waals surface area (Å²) < 4.78 is 0. The van der Waals surface area contributed by atoms with Gasteiger partial charge in [0.25, 0.3) is 0 Å². The Morgan fingerprint density at radius 3 is 2.37 bits per heavy atom. The van der Waals surface area contributed by atoms with Crippen molar-refractivity contribution < 1.29 is 14.7 Å². The predicted octanol–water partition coefficient (Wildman–Crippen LogP) is 2.07. The second-order valence-electron chi connectivity index (χ2n) is 6.02. The van der Waals surface area contributed by atoms with Crippen LogP contribution in [0.5, 0.6) is 0 Å². The van der Waals surface area contributed by atoms with Crippen molar-refractivity contribution in [1.29, 1.82) is 0 Å². The minimum Gasteiger partial charge on any atom is -0.481 e. The molecule has 1 atom stereocenters. The fourth-order valence-electron chi connectivity index (χ4n) is 1.98. The molecule has 1 aliphatic rings. The molecule has 0 bridgehead atoms. The number of hydrogen-bond acceptors (Lipinski definition) is 3. The molecular formula is C13H24N2O3S. The molecule has 1 fully saturated rings. The lowest BCUT2D eigenvalue weighted by Crippen LogP contribution is -2.51. The number of aliphatic carboxylic acids is 1. The van der Waals surface area contributed by atoms with E-state index in [4.69, 9.17) is 5.11 Å². The highest BCUT2D eigenvalue weighted by atomic mass is 32.2. The summed E-state index contributed by atoms with van der Waals surface area (Å²) in [6.07, 6.45) is 1.91. The van der Waals surface area contributed by atoms with E-state index in [1.54, 1.807) is 0 Å². The van der Waals surface area contributed by atoms with Gasteiger partial charge < -0.3 is 15.7 Å². The van der Waals surface area contributed by atoms with Gasteiger partial charge in [-0.05, 0) is 29.8 Å². The van der Waals surface area contributed by atoms with Gasteiger partial charge in [-0.3, -0.25) is 4.79 Å². The second-order valence-corrected chi connectivity index (χ2v) is 7.25. The molecule has 0 aromatic heterocycles. The first-order chi connectivity index (χ1) is 8.79. The van der Waals surface area contributed by atoms with E-state index in [-0.39, 0.29) is 30.0 Å². The molecule has 2 amide bonds. The largest absolute Gasteiger partial charge is 0.481 e.